The number of hydrogen-bond donors (Lipinski definition) is 0. The van der Waals surface area contributed by atoms with Gasteiger partial charge in [-0.15, -0.1) is 0 Å². The minimum absolute atomic E-state index is 1.00. The van der Waals surface area contributed by atoms with Crippen LogP contribution in [0.25, 0.3) is 21.8 Å². The average molecular weight is 198 g/mol. The molecule has 0 aliphatic rings. The number of nitrogens with zero attached hydrogens (tertiary/aromatic N) is 2. The van der Waals surface area contributed by atoms with Gasteiger partial charge in [0.25, 0.3) is 0 Å². The summed E-state index contributed by atoms with van der Waals surface area (Å²) in [6.45, 7) is 0. The molecule has 74 valence electrons. The van der Waals surface area contributed by atoms with Crippen LogP contribution in [0.2, 0.25) is 0 Å². The number of pyridine rings is 1. The Morgan fingerprint density at radius 1 is 1.07 bits per heavy atom. The van der Waals surface area contributed by atoms with Gasteiger partial charge in [0, 0.05) is 17.0 Å². The third-order valence-electron chi connectivity index (χ3n) is 2.61. The first kappa shape index (κ1) is 8.29. The molecule has 3 rings (SSSR count). The van der Waals surface area contributed by atoms with Gasteiger partial charge in [-0.1, -0.05) is 18.2 Å². The van der Waals surface area contributed by atoms with Crippen LogP contribution in [-0.4, -0.2) is 16.8 Å². The maximum Gasteiger partial charge on any atom is 0.106 e. The van der Waals surface area contributed by atoms with Crippen molar-refractivity contribution in [3.8, 4) is 0 Å². The van der Waals surface area contributed by atoms with E-state index in [-0.39, 0.29) is 0 Å². The van der Waals surface area contributed by atoms with Crippen molar-refractivity contribution in [2.75, 3.05) is 7.11 Å². The molecule has 3 heteroatoms. The minimum Gasteiger partial charge on any atom is -0.416 e. The van der Waals surface area contributed by atoms with Gasteiger partial charge in [-0.2, -0.15) is 4.73 Å². The molecule has 0 aliphatic heterocycles. The zero-order valence-electron chi connectivity index (χ0n) is 8.34. The van der Waals surface area contributed by atoms with Crippen LogP contribution in [0, 0.1) is 0 Å². The number of para-hydroxylation sites is 1. The van der Waals surface area contributed by atoms with E-state index in [0.717, 1.165) is 11.0 Å². The van der Waals surface area contributed by atoms with Gasteiger partial charge in [-0.05, 0) is 12.1 Å². The summed E-state index contributed by atoms with van der Waals surface area (Å²) in [5.41, 5.74) is 2.07. The summed E-state index contributed by atoms with van der Waals surface area (Å²) >= 11 is 0. The Bertz CT molecular complexity index is 574. The fourth-order valence-corrected chi connectivity index (χ4v) is 1.98. The molecular weight excluding hydrogens is 188 g/mol. The van der Waals surface area contributed by atoms with Crippen LogP contribution in [0.3, 0.4) is 0 Å². The topological polar surface area (TPSA) is 27.1 Å². The van der Waals surface area contributed by atoms with E-state index in [0.29, 0.717) is 0 Å². The summed E-state index contributed by atoms with van der Waals surface area (Å²) in [5.74, 6) is 0. The predicted molar refractivity (Wildman–Crippen MR) is 59.7 cm³/mol. The van der Waals surface area contributed by atoms with Crippen LogP contribution in [-0.2, 0) is 0 Å². The van der Waals surface area contributed by atoms with Crippen LogP contribution in [0.5, 0.6) is 0 Å². The SMILES string of the molecule is COn1c2ccccc2c2ccncc21. The number of benzene rings is 1. The van der Waals surface area contributed by atoms with Crippen LogP contribution < -0.4 is 4.84 Å². The molecule has 0 aliphatic carbocycles. The lowest BCUT2D eigenvalue weighted by Gasteiger charge is -2.02. The fourth-order valence-electron chi connectivity index (χ4n) is 1.98. The first-order chi connectivity index (χ1) is 7.42. The lowest BCUT2D eigenvalue weighted by molar-refractivity contribution is 0.190. The Hall–Kier alpha value is -2.03. The van der Waals surface area contributed by atoms with Crippen molar-refractivity contribution >= 4 is 21.8 Å². The van der Waals surface area contributed by atoms with Crippen molar-refractivity contribution in [2.24, 2.45) is 0 Å². The highest BCUT2D eigenvalue weighted by Gasteiger charge is 2.09. The summed E-state index contributed by atoms with van der Waals surface area (Å²) in [4.78, 5) is 9.47. The molecular formula is C12H10N2O. The second kappa shape index (κ2) is 2.98. The third kappa shape index (κ3) is 1.03. The summed E-state index contributed by atoms with van der Waals surface area (Å²) < 4.78 is 1.80. The van der Waals surface area contributed by atoms with Crippen molar-refractivity contribution in [1.82, 2.24) is 9.71 Å². The molecule has 0 saturated carbocycles. The Kier molecular flexibility index (Phi) is 1.65. The van der Waals surface area contributed by atoms with E-state index >= 15 is 0 Å². The van der Waals surface area contributed by atoms with Gasteiger partial charge in [0.2, 0.25) is 0 Å². The van der Waals surface area contributed by atoms with E-state index in [4.69, 9.17) is 4.84 Å². The zero-order chi connectivity index (χ0) is 10.3. The monoisotopic (exact) mass is 198 g/mol. The normalized spacial score (nSPS) is 11.0. The minimum atomic E-state index is 1.00. The average Bonchev–Trinajstić information content (AvgIpc) is 2.63. The number of fused-ring (bicyclic) bond motifs is 3. The molecule has 2 aromatic heterocycles. The van der Waals surface area contributed by atoms with Crippen molar-refractivity contribution in [3.05, 3.63) is 42.7 Å². The Morgan fingerprint density at radius 2 is 1.87 bits per heavy atom. The van der Waals surface area contributed by atoms with Gasteiger partial charge in [0.1, 0.15) is 12.6 Å². The maximum absolute atomic E-state index is 5.36. The third-order valence-corrected chi connectivity index (χ3v) is 2.61. The highest BCUT2D eigenvalue weighted by atomic mass is 16.6. The van der Waals surface area contributed by atoms with E-state index in [2.05, 4.69) is 11.1 Å². The smallest absolute Gasteiger partial charge is 0.106 e. The summed E-state index contributed by atoms with van der Waals surface area (Å²) in [6.07, 6.45) is 3.62. The van der Waals surface area contributed by atoms with Crippen LogP contribution in [0.15, 0.2) is 42.7 Å². The van der Waals surface area contributed by atoms with Gasteiger partial charge in [-0.25, -0.2) is 0 Å². The Morgan fingerprint density at radius 3 is 2.73 bits per heavy atom. The predicted octanol–water partition coefficient (Wildman–Crippen LogP) is 2.25. The van der Waals surface area contributed by atoms with Gasteiger partial charge in [-0.3, -0.25) is 4.98 Å². The molecule has 1 aromatic carbocycles. The zero-order valence-corrected chi connectivity index (χ0v) is 8.34. The largest absolute Gasteiger partial charge is 0.416 e. The van der Waals surface area contributed by atoms with Crippen molar-refractivity contribution < 1.29 is 4.84 Å². The van der Waals surface area contributed by atoms with E-state index in [9.17, 15) is 0 Å². The lowest BCUT2D eigenvalue weighted by atomic mass is 10.2. The number of rotatable bonds is 1. The standard InChI is InChI=1S/C12H10N2O/c1-15-14-11-5-3-2-4-9(11)10-6-7-13-8-12(10)14/h2-8H,1H3. The molecule has 0 saturated heterocycles. The lowest BCUT2D eigenvalue weighted by Crippen LogP contribution is -2.04. The van der Waals surface area contributed by atoms with Crippen LogP contribution in [0.1, 0.15) is 0 Å². The van der Waals surface area contributed by atoms with Crippen molar-refractivity contribution in [2.45, 2.75) is 0 Å². The molecule has 0 unspecified atom stereocenters. The first-order valence-electron chi connectivity index (χ1n) is 4.79. The molecule has 0 atom stereocenters. The molecule has 2 heterocycles. The van der Waals surface area contributed by atoms with Crippen LogP contribution in [0.4, 0.5) is 0 Å². The van der Waals surface area contributed by atoms with Gasteiger partial charge in [0.15, 0.2) is 0 Å². The highest BCUT2D eigenvalue weighted by molar-refractivity contribution is 6.07. The molecule has 3 aromatic rings. The number of hydrogen-bond acceptors (Lipinski definition) is 2. The number of aromatic nitrogens is 2. The first-order valence-corrected chi connectivity index (χ1v) is 4.79. The van der Waals surface area contributed by atoms with E-state index < -0.39 is 0 Å². The molecule has 0 radical (unpaired) electrons. The Labute approximate surface area is 86.9 Å². The maximum atomic E-state index is 5.36. The van der Waals surface area contributed by atoms with Gasteiger partial charge >= 0.3 is 0 Å². The summed E-state index contributed by atoms with van der Waals surface area (Å²) in [5, 5.41) is 2.36. The second-order valence-corrected chi connectivity index (χ2v) is 3.39. The highest BCUT2D eigenvalue weighted by Crippen LogP contribution is 2.26. The Balaban J connectivity index is 2.62. The fraction of sp³-hybridized carbons (Fsp3) is 0.0833. The molecule has 0 N–H and O–H groups in total. The van der Waals surface area contributed by atoms with E-state index in [1.165, 1.54) is 10.8 Å². The molecule has 3 nitrogen and oxygen atoms in total. The quantitative estimate of drug-likeness (QED) is 0.599. The van der Waals surface area contributed by atoms with Crippen molar-refractivity contribution in [1.29, 1.82) is 0 Å². The van der Waals surface area contributed by atoms with Crippen molar-refractivity contribution in [3.63, 3.8) is 0 Å². The van der Waals surface area contributed by atoms with Gasteiger partial charge in [0.05, 0.1) is 11.7 Å². The molecule has 0 fully saturated rings. The second-order valence-electron chi connectivity index (χ2n) is 3.39. The van der Waals surface area contributed by atoms with Crippen LogP contribution >= 0.6 is 0 Å². The van der Waals surface area contributed by atoms with E-state index in [1.807, 2.05) is 30.5 Å². The molecule has 15 heavy (non-hydrogen) atoms. The molecule has 0 bridgehead atoms. The summed E-state index contributed by atoms with van der Waals surface area (Å²) in [6, 6.07) is 10.2. The molecule has 0 amide bonds. The summed E-state index contributed by atoms with van der Waals surface area (Å²) in [7, 11) is 1.67. The molecule has 0 spiro atoms. The van der Waals surface area contributed by atoms with E-state index in [1.54, 1.807) is 18.0 Å². The van der Waals surface area contributed by atoms with Gasteiger partial charge < -0.3 is 4.84 Å².